The number of fused-ring (bicyclic) bond motifs is 2. The van der Waals surface area contributed by atoms with Crippen molar-refractivity contribution in [1.82, 2.24) is 14.8 Å². The van der Waals surface area contributed by atoms with Crippen molar-refractivity contribution < 1.29 is 14.3 Å². The quantitative estimate of drug-likeness (QED) is 0.792. The fraction of sp³-hybridized carbons (Fsp3) is 0.650. The second-order valence-electron chi connectivity index (χ2n) is 7.79. The molecule has 1 amide bonds. The minimum absolute atomic E-state index is 0.0772. The number of carbonyl (C=O) groups excluding carboxylic acids is 1. The zero-order valence-corrected chi connectivity index (χ0v) is 15.7. The van der Waals surface area contributed by atoms with E-state index in [2.05, 4.69) is 16.0 Å². The van der Waals surface area contributed by atoms with E-state index in [1.807, 2.05) is 23.1 Å². The van der Waals surface area contributed by atoms with Crippen LogP contribution in [0.25, 0.3) is 0 Å². The third-order valence-electron chi connectivity index (χ3n) is 6.42. The monoisotopic (exact) mass is 370 g/mol. The molecule has 3 aliphatic heterocycles. The number of rotatable bonds is 2. The Morgan fingerprint density at radius 3 is 2.52 bits per heavy atom. The van der Waals surface area contributed by atoms with E-state index in [9.17, 15) is 10.1 Å². The fourth-order valence-electron chi connectivity index (χ4n) is 4.93. The molecule has 3 aliphatic rings. The van der Waals surface area contributed by atoms with Crippen LogP contribution >= 0.6 is 0 Å². The number of hydrogen-bond donors (Lipinski definition) is 0. The van der Waals surface area contributed by atoms with Gasteiger partial charge in [0.2, 0.25) is 0 Å². The summed E-state index contributed by atoms with van der Waals surface area (Å²) in [5.41, 5.74) is 0.404. The predicted octanol–water partition coefficient (Wildman–Crippen LogP) is 1.94. The van der Waals surface area contributed by atoms with Crippen molar-refractivity contribution in [1.29, 1.82) is 5.26 Å². The lowest BCUT2D eigenvalue weighted by atomic mass is 9.75. The first kappa shape index (κ1) is 18.2. The van der Waals surface area contributed by atoms with E-state index >= 15 is 0 Å². The molecule has 7 nitrogen and oxygen atoms in total. The molecule has 0 saturated carbocycles. The van der Waals surface area contributed by atoms with Crippen molar-refractivity contribution in [3.63, 3.8) is 0 Å². The molecule has 7 heteroatoms. The molecule has 0 aromatic carbocycles. The minimum atomic E-state index is -0.483. The molecule has 3 fully saturated rings. The van der Waals surface area contributed by atoms with E-state index in [0.717, 1.165) is 44.5 Å². The highest BCUT2D eigenvalue weighted by Gasteiger charge is 2.46. The maximum Gasteiger partial charge on any atom is 0.410 e. The molecule has 4 heterocycles. The van der Waals surface area contributed by atoms with Crippen LogP contribution in [0.5, 0.6) is 0 Å². The first-order valence-electron chi connectivity index (χ1n) is 9.68. The van der Waals surface area contributed by atoms with E-state index in [1.54, 1.807) is 6.20 Å². The van der Waals surface area contributed by atoms with Gasteiger partial charge in [0.25, 0.3) is 0 Å². The van der Waals surface area contributed by atoms with Crippen LogP contribution in [0.1, 0.15) is 31.4 Å². The largest absolute Gasteiger partial charge is 0.453 e. The molecular formula is C20H26N4O3. The number of pyridine rings is 1. The van der Waals surface area contributed by atoms with Gasteiger partial charge >= 0.3 is 6.09 Å². The van der Waals surface area contributed by atoms with Gasteiger partial charge in [-0.2, -0.15) is 5.26 Å². The standard InChI is InChI=1S/C20H26N4O3/c1-26-19(25)24-16-10-15(11-17(24)13-27-12-16)23-8-5-20(14-21,6-9-23)18-4-2-3-7-22-18/h2-4,7,15-17H,5-6,8-13H2,1H3. The van der Waals surface area contributed by atoms with Crippen molar-refractivity contribution in [2.45, 2.75) is 49.2 Å². The Morgan fingerprint density at radius 2 is 1.96 bits per heavy atom. The fourth-order valence-corrected chi connectivity index (χ4v) is 4.93. The highest BCUT2D eigenvalue weighted by Crippen LogP contribution is 2.37. The SMILES string of the molecule is COC(=O)N1C2COCC1CC(N1CCC(C#N)(c3ccccn3)CC1)C2. The van der Waals surface area contributed by atoms with Crippen LogP contribution in [0.15, 0.2) is 24.4 Å². The van der Waals surface area contributed by atoms with Gasteiger partial charge in [-0.15, -0.1) is 0 Å². The number of likely N-dealkylation sites (tertiary alicyclic amines) is 1. The number of morpholine rings is 1. The van der Waals surface area contributed by atoms with Gasteiger partial charge in [0.05, 0.1) is 44.2 Å². The van der Waals surface area contributed by atoms with E-state index in [4.69, 9.17) is 9.47 Å². The first-order valence-corrected chi connectivity index (χ1v) is 9.68. The van der Waals surface area contributed by atoms with Crippen molar-refractivity contribution in [2.24, 2.45) is 0 Å². The predicted molar refractivity (Wildman–Crippen MR) is 98.0 cm³/mol. The summed E-state index contributed by atoms with van der Waals surface area (Å²) < 4.78 is 10.7. The van der Waals surface area contributed by atoms with Gasteiger partial charge in [-0.1, -0.05) is 6.07 Å². The third kappa shape index (κ3) is 3.28. The summed E-state index contributed by atoms with van der Waals surface area (Å²) in [6.45, 7) is 2.92. The van der Waals surface area contributed by atoms with Crippen LogP contribution in [-0.4, -0.2) is 72.4 Å². The van der Waals surface area contributed by atoms with Crippen LogP contribution in [0.4, 0.5) is 4.79 Å². The van der Waals surface area contributed by atoms with Gasteiger partial charge in [-0.3, -0.25) is 9.88 Å². The van der Waals surface area contributed by atoms with Gasteiger partial charge in [-0.05, 0) is 37.8 Å². The summed E-state index contributed by atoms with van der Waals surface area (Å²) >= 11 is 0. The van der Waals surface area contributed by atoms with Gasteiger partial charge in [0.1, 0.15) is 5.41 Å². The second kappa shape index (κ2) is 7.45. The number of nitrogens with zero attached hydrogens (tertiary/aromatic N) is 4. The van der Waals surface area contributed by atoms with Crippen LogP contribution in [0.3, 0.4) is 0 Å². The lowest BCUT2D eigenvalue weighted by Gasteiger charge is -2.51. The molecule has 2 atom stereocenters. The normalized spacial score (nSPS) is 30.4. The smallest absolute Gasteiger partial charge is 0.410 e. The Labute approximate surface area is 159 Å². The molecule has 0 spiro atoms. The summed E-state index contributed by atoms with van der Waals surface area (Å²) in [6, 6.07) is 8.94. The van der Waals surface area contributed by atoms with Crippen molar-refractivity contribution in [2.75, 3.05) is 33.4 Å². The number of ether oxygens (including phenoxy) is 2. The molecule has 2 bridgehead atoms. The summed E-state index contributed by atoms with van der Waals surface area (Å²) in [4.78, 5) is 21.0. The maximum absolute atomic E-state index is 12.1. The molecule has 4 rings (SSSR count). The summed E-state index contributed by atoms with van der Waals surface area (Å²) in [5, 5.41) is 9.86. The molecule has 27 heavy (non-hydrogen) atoms. The molecule has 0 N–H and O–H groups in total. The number of carbonyl (C=O) groups is 1. The van der Waals surface area contributed by atoms with Crippen molar-refractivity contribution in [3.05, 3.63) is 30.1 Å². The zero-order valence-electron chi connectivity index (χ0n) is 15.7. The van der Waals surface area contributed by atoms with Crippen LogP contribution in [-0.2, 0) is 14.9 Å². The number of piperidine rings is 2. The highest BCUT2D eigenvalue weighted by atomic mass is 16.5. The van der Waals surface area contributed by atoms with Crippen molar-refractivity contribution >= 4 is 6.09 Å². The Balaban J connectivity index is 1.44. The molecule has 144 valence electrons. The number of aromatic nitrogens is 1. The van der Waals surface area contributed by atoms with E-state index < -0.39 is 5.41 Å². The van der Waals surface area contributed by atoms with E-state index in [1.165, 1.54) is 7.11 Å². The zero-order chi connectivity index (χ0) is 18.9. The average molecular weight is 370 g/mol. The molecule has 0 aliphatic carbocycles. The van der Waals surface area contributed by atoms with E-state index in [-0.39, 0.29) is 18.2 Å². The number of nitriles is 1. The van der Waals surface area contributed by atoms with E-state index in [0.29, 0.717) is 19.3 Å². The van der Waals surface area contributed by atoms with Gasteiger partial charge in [0, 0.05) is 25.3 Å². The Morgan fingerprint density at radius 1 is 1.26 bits per heavy atom. The van der Waals surface area contributed by atoms with Crippen LogP contribution in [0.2, 0.25) is 0 Å². The van der Waals surface area contributed by atoms with Gasteiger partial charge < -0.3 is 14.4 Å². The molecule has 1 aromatic rings. The molecule has 0 radical (unpaired) electrons. The van der Waals surface area contributed by atoms with Crippen molar-refractivity contribution in [3.8, 4) is 6.07 Å². The van der Waals surface area contributed by atoms with Crippen LogP contribution < -0.4 is 0 Å². The lowest BCUT2D eigenvalue weighted by Crippen LogP contribution is -2.63. The summed E-state index contributed by atoms with van der Waals surface area (Å²) in [6.07, 6.45) is 4.91. The van der Waals surface area contributed by atoms with Gasteiger partial charge in [-0.25, -0.2) is 4.79 Å². The number of methoxy groups -OCH3 is 1. The summed E-state index contributed by atoms with van der Waals surface area (Å²) in [5.74, 6) is 0. The average Bonchev–Trinajstić information content (AvgIpc) is 2.73. The lowest BCUT2D eigenvalue weighted by molar-refractivity contribution is -0.0859. The summed E-state index contributed by atoms with van der Waals surface area (Å²) in [7, 11) is 1.44. The van der Waals surface area contributed by atoms with Gasteiger partial charge in [0.15, 0.2) is 0 Å². The third-order valence-corrected chi connectivity index (χ3v) is 6.42. The topological polar surface area (TPSA) is 78.7 Å². The minimum Gasteiger partial charge on any atom is -0.453 e. The molecule has 3 saturated heterocycles. The maximum atomic E-state index is 12.1. The Hall–Kier alpha value is -2.17. The Kier molecular flexibility index (Phi) is 5.02. The Bertz CT molecular complexity index is 698. The second-order valence-corrected chi connectivity index (χ2v) is 7.79. The molecular weight excluding hydrogens is 344 g/mol. The number of hydrogen-bond acceptors (Lipinski definition) is 6. The molecule has 1 aromatic heterocycles. The highest BCUT2D eigenvalue weighted by molar-refractivity contribution is 5.68. The van der Waals surface area contributed by atoms with Crippen LogP contribution in [0, 0.1) is 11.3 Å². The molecule has 2 unspecified atom stereocenters. The number of amides is 1. The first-order chi connectivity index (χ1) is 13.2.